The predicted octanol–water partition coefficient (Wildman–Crippen LogP) is 3.75. The second-order valence-electron chi connectivity index (χ2n) is 11.7. The lowest BCUT2D eigenvalue weighted by Crippen LogP contribution is -2.55. The van der Waals surface area contributed by atoms with Crippen LogP contribution in [-0.4, -0.2) is 77.2 Å². The second-order valence-corrected chi connectivity index (χ2v) is 12.5. The van der Waals surface area contributed by atoms with E-state index in [2.05, 4.69) is 20.9 Å². The van der Waals surface area contributed by atoms with Gasteiger partial charge in [0.2, 0.25) is 17.6 Å². The predicted molar refractivity (Wildman–Crippen MR) is 155 cm³/mol. The highest BCUT2D eigenvalue weighted by atomic mass is 35.5. The number of ketones is 1. The summed E-state index contributed by atoms with van der Waals surface area (Å²) in [7, 11) is 0. The minimum atomic E-state index is -4.41. The van der Waals surface area contributed by atoms with Crippen molar-refractivity contribution in [2.75, 3.05) is 19.6 Å². The number of halogens is 5. The molecule has 44 heavy (non-hydrogen) atoms. The van der Waals surface area contributed by atoms with Gasteiger partial charge in [-0.1, -0.05) is 29.6 Å². The molecule has 0 spiro atoms. The van der Waals surface area contributed by atoms with Crippen LogP contribution in [0, 0.1) is 17.8 Å². The number of rotatable bonds is 10. The van der Waals surface area contributed by atoms with Crippen molar-refractivity contribution >= 4 is 63.5 Å². The summed E-state index contributed by atoms with van der Waals surface area (Å²) in [5.74, 6) is -4.38. The molecule has 4 amide bonds. The minimum absolute atomic E-state index is 0.0591. The van der Waals surface area contributed by atoms with Crippen molar-refractivity contribution in [2.24, 2.45) is 17.8 Å². The first-order valence-electron chi connectivity index (χ1n) is 14.6. The molecule has 5 atom stereocenters. The van der Waals surface area contributed by atoms with E-state index in [1.165, 1.54) is 4.90 Å². The smallest absolute Gasteiger partial charge is 0.356 e. The number of aromatic nitrogens is 1. The number of fused-ring (bicyclic) bond motifs is 2. The highest BCUT2D eigenvalue weighted by Gasteiger charge is 2.50. The Morgan fingerprint density at radius 2 is 1.86 bits per heavy atom. The van der Waals surface area contributed by atoms with Gasteiger partial charge in [0.15, 0.2) is 0 Å². The molecule has 0 unspecified atom stereocenters. The number of nitrogens with one attached hydrogen (secondary N) is 4. The fourth-order valence-electron chi connectivity index (χ4n) is 6.66. The molecule has 1 saturated carbocycles. The number of nitrogens with zero attached hydrogens (tertiary/aromatic N) is 1. The second kappa shape index (κ2) is 13.0. The summed E-state index contributed by atoms with van der Waals surface area (Å²) in [6, 6.07) is 2.42. The molecule has 4 N–H and O–H groups in total. The molecule has 3 fully saturated rings. The molecule has 3 heterocycles. The monoisotopic (exact) mass is 657 g/mol. The van der Waals surface area contributed by atoms with E-state index in [0.29, 0.717) is 46.9 Å². The minimum Gasteiger partial charge on any atom is -0.356 e. The first-order chi connectivity index (χ1) is 20.8. The average molecular weight is 659 g/mol. The summed E-state index contributed by atoms with van der Waals surface area (Å²) in [5.41, 5.74) is 0.753. The standard InChI is InChI=1S/C29H32Cl2F3N5O5/c30-16-10-19(31)18-12-22(37-20(18)11-16)28(44)39-13-15-3-1-4-17(15)23(39)26(42)38-21(9-14-5-8-36-25(14)41)24(40)27(43)35-7-2-6-29(32,33)34/h10-12,14-15,17,21,23,37H,1-9,13H2,(H,35,43)(H,36,41)(H,38,42)/t14-,15-,17-,21-,23-/m0/s1. The molecule has 10 nitrogen and oxygen atoms in total. The number of Topliss-reactive ketones (excluding diaryl/α,β-unsaturated/α-hetero) is 1. The van der Waals surface area contributed by atoms with E-state index in [1.54, 1.807) is 18.2 Å². The summed E-state index contributed by atoms with van der Waals surface area (Å²) in [5, 5.41) is 8.80. The van der Waals surface area contributed by atoms with E-state index in [-0.39, 0.29) is 36.4 Å². The molecular weight excluding hydrogens is 626 g/mol. The van der Waals surface area contributed by atoms with E-state index in [1.807, 2.05) is 0 Å². The van der Waals surface area contributed by atoms with Gasteiger partial charge in [0.25, 0.3) is 11.8 Å². The van der Waals surface area contributed by atoms with Crippen LogP contribution < -0.4 is 16.0 Å². The van der Waals surface area contributed by atoms with Crippen molar-refractivity contribution in [3.05, 3.63) is 33.9 Å². The Kier molecular flexibility index (Phi) is 9.45. The van der Waals surface area contributed by atoms with Crippen LogP contribution in [0.5, 0.6) is 0 Å². The molecule has 2 aliphatic heterocycles. The number of H-pyrrole nitrogens is 1. The van der Waals surface area contributed by atoms with Gasteiger partial charge in [-0.3, -0.25) is 24.0 Å². The molecule has 1 aliphatic carbocycles. The Morgan fingerprint density at radius 1 is 1.09 bits per heavy atom. The number of alkyl halides is 3. The molecule has 5 rings (SSSR count). The first kappa shape index (κ1) is 32.1. The molecule has 3 aliphatic rings. The van der Waals surface area contributed by atoms with Crippen molar-refractivity contribution < 1.29 is 37.1 Å². The van der Waals surface area contributed by atoms with E-state index in [4.69, 9.17) is 23.2 Å². The fourth-order valence-corrected chi connectivity index (χ4v) is 7.21. The van der Waals surface area contributed by atoms with Crippen LogP contribution in [0.25, 0.3) is 10.9 Å². The number of carbonyl (C=O) groups excluding carboxylic acids is 5. The Balaban J connectivity index is 1.35. The highest BCUT2D eigenvalue weighted by Crippen LogP contribution is 2.43. The first-order valence-corrected chi connectivity index (χ1v) is 15.3. The molecule has 0 bridgehead atoms. The Bertz CT molecular complexity index is 1480. The number of hydrogen-bond donors (Lipinski definition) is 4. The van der Waals surface area contributed by atoms with Gasteiger partial charge in [0.05, 0.1) is 11.1 Å². The lowest BCUT2D eigenvalue weighted by molar-refractivity contribution is -0.142. The SMILES string of the molecule is O=C(NCCCC(F)(F)F)C(=O)[C@H](C[C@@H]1CCNC1=O)NC(=O)[C@@H]1[C@H]2CCC[C@H]2CN1C(=O)c1cc2c(Cl)cc(Cl)cc2[nH]1. The zero-order valence-electron chi connectivity index (χ0n) is 23.6. The zero-order chi connectivity index (χ0) is 31.8. The number of likely N-dealkylation sites (tertiary alicyclic amines) is 1. The number of carbonyl (C=O) groups is 5. The van der Waals surface area contributed by atoms with Crippen molar-refractivity contribution in [3.8, 4) is 0 Å². The molecule has 15 heteroatoms. The zero-order valence-corrected chi connectivity index (χ0v) is 25.1. The van der Waals surface area contributed by atoms with Crippen molar-refractivity contribution in [3.63, 3.8) is 0 Å². The molecule has 2 aromatic rings. The average Bonchev–Trinajstić information content (AvgIpc) is 3.73. The van der Waals surface area contributed by atoms with E-state index in [9.17, 15) is 37.1 Å². The molecule has 0 radical (unpaired) electrons. The molecule has 238 valence electrons. The van der Waals surface area contributed by atoms with Gasteiger partial charge in [-0.05, 0) is 62.1 Å². The topological polar surface area (TPSA) is 140 Å². The molecule has 1 aromatic carbocycles. The van der Waals surface area contributed by atoms with Gasteiger partial charge in [-0.25, -0.2) is 0 Å². The van der Waals surface area contributed by atoms with Gasteiger partial charge < -0.3 is 25.8 Å². The summed E-state index contributed by atoms with van der Waals surface area (Å²) in [6.07, 6.45) is -3.37. The lowest BCUT2D eigenvalue weighted by Gasteiger charge is -2.29. The lowest BCUT2D eigenvalue weighted by atomic mass is 9.91. The summed E-state index contributed by atoms with van der Waals surface area (Å²) < 4.78 is 37.5. The summed E-state index contributed by atoms with van der Waals surface area (Å²) >= 11 is 12.4. The van der Waals surface area contributed by atoms with E-state index < -0.39 is 60.5 Å². The van der Waals surface area contributed by atoms with Gasteiger partial charge in [-0.2, -0.15) is 13.2 Å². The van der Waals surface area contributed by atoms with Crippen LogP contribution in [0.3, 0.4) is 0 Å². The Morgan fingerprint density at radius 3 is 2.57 bits per heavy atom. The Labute approximate surface area is 260 Å². The van der Waals surface area contributed by atoms with Crippen LogP contribution >= 0.6 is 23.2 Å². The molecule has 2 saturated heterocycles. The number of aromatic amines is 1. The third-order valence-electron chi connectivity index (χ3n) is 8.77. The highest BCUT2D eigenvalue weighted by molar-refractivity contribution is 6.39. The van der Waals surface area contributed by atoms with Crippen molar-refractivity contribution in [2.45, 2.75) is 63.2 Å². The Hall–Kier alpha value is -3.32. The van der Waals surface area contributed by atoms with E-state index in [0.717, 1.165) is 12.8 Å². The maximum Gasteiger partial charge on any atom is 0.389 e. The van der Waals surface area contributed by atoms with E-state index >= 15 is 0 Å². The maximum atomic E-state index is 13.9. The third-order valence-corrected chi connectivity index (χ3v) is 9.30. The van der Waals surface area contributed by atoms with Crippen molar-refractivity contribution in [1.82, 2.24) is 25.8 Å². The maximum absolute atomic E-state index is 13.9. The third kappa shape index (κ3) is 6.98. The van der Waals surface area contributed by atoms with Crippen LogP contribution in [0.1, 0.15) is 55.4 Å². The largest absolute Gasteiger partial charge is 0.389 e. The number of hydrogen-bond acceptors (Lipinski definition) is 5. The van der Waals surface area contributed by atoms with Gasteiger partial charge >= 0.3 is 6.18 Å². The van der Waals surface area contributed by atoms with Gasteiger partial charge in [-0.15, -0.1) is 0 Å². The van der Waals surface area contributed by atoms with Crippen LogP contribution in [0.15, 0.2) is 18.2 Å². The van der Waals surface area contributed by atoms with Crippen LogP contribution in [0.2, 0.25) is 10.0 Å². The van der Waals surface area contributed by atoms with Gasteiger partial charge in [0.1, 0.15) is 11.7 Å². The summed E-state index contributed by atoms with van der Waals surface area (Å²) in [6.45, 7) is 0.300. The molecular formula is C29H32Cl2F3N5O5. The normalized spacial score (nSPS) is 23.8. The van der Waals surface area contributed by atoms with Crippen LogP contribution in [0.4, 0.5) is 13.2 Å². The fraction of sp³-hybridized carbons (Fsp3) is 0.552. The van der Waals surface area contributed by atoms with Crippen molar-refractivity contribution in [1.29, 1.82) is 0 Å². The summed E-state index contributed by atoms with van der Waals surface area (Å²) in [4.78, 5) is 70.4. The van der Waals surface area contributed by atoms with Gasteiger partial charge in [0, 0.05) is 47.9 Å². The molecule has 1 aromatic heterocycles. The quantitative estimate of drug-likeness (QED) is 0.228. The number of amides is 4. The van der Waals surface area contributed by atoms with Crippen LogP contribution in [-0.2, 0) is 19.2 Å². The number of benzene rings is 1.